The first-order valence-corrected chi connectivity index (χ1v) is 7.95. The predicted molar refractivity (Wildman–Crippen MR) is 76.3 cm³/mol. The van der Waals surface area contributed by atoms with Crippen molar-refractivity contribution in [2.24, 2.45) is 0 Å². The lowest BCUT2D eigenvalue weighted by Gasteiger charge is -2.41. The Kier molecular flexibility index (Phi) is 4.04. The maximum absolute atomic E-state index is 13.5. The molecule has 2 N–H and O–H groups in total. The van der Waals surface area contributed by atoms with E-state index in [0.717, 1.165) is 6.07 Å². The predicted octanol–water partition coefficient (Wildman–Crippen LogP) is 1.12. The van der Waals surface area contributed by atoms with E-state index in [9.17, 15) is 12.8 Å². The number of hydrogen-bond acceptors (Lipinski definition) is 4. The van der Waals surface area contributed by atoms with Gasteiger partial charge in [0.25, 0.3) is 0 Å². The quantitative estimate of drug-likeness (QED) is 0.831. The Morgan fingerprint density at radius 1 is 1.25 bits per heavy atom. The van der Waals surface area contributed by atoms with Crippen molar-refractivity contribution < 1.29 is 12.8 Å². The minimum Gasteiger partial charge on any atom is -0.395 e. The highest BCUT2D eigenvalue weighted by Crippen LogP contribution is 2.27. The molecule has 2 rings (SSSR count). The van der Waals surface area contributed by atoms with E-state index >= 15 is 0 Å². The minimum absolute atomic E-state index is 0.100. The summed E-state index contributed by atoms with van der Waals surface area (Å²) >= 11 is 0. The van der Waals surface area contributed by atoms with Crippen LogP contribution in [0, 0.1) is 5.82 Å². The molecule has 1 aliphatic rings. The molecule has 1 aromatic rings. The van der Waals surface area contributed by atoms with Crippen molar-refractivity contribution in [3.05, 3.63) is 24.0 Å². The summed E-state index contributed by atoms with van der Waals surface area (Å²) in [6.07, 6.45) is 0. The van der Waals surface area contributed by atoms with Crippen molar-refractivity contribution >= 4 is 15.7 Å². The molecular weight excluding hydrogens is 281 g/mol. The van der Waals surface area contributed by atoms with Gasteiger partial charge in [0, 0.05) is 25.2 Å². The number of nitrogen functional groups attached to an aromatic ring is 1. The molecule has 0 amide bonds. The van der Waals surface area contributed by atoms with E-state index in [-0.39, 0.29) is 22.7 Å². The molecule has 2 unspecified atom stereocenters. The zero-order valence-electron chi connectivity index (χ0n) is 11.9. The highest BCUT2D eigenvalue weighted by molar-refractivity contribution is 7.89. The molecule has 5 nitrogen and oxygen atoms in total. The third kappa shape index (κ3) is 2.53. The topological polar surface area (TPSA) is 66.6 Å². The third-order valence-electron chi connectivity index (χ3n) is 3.96. The monoisotopic (exact) mass is 301 g/mol. The molecule has 0 aromatic heterocycles. The lowest BCUT2D eigenvalue weighted by Crippen LogP contribution is -2.56. The van der Waals surface area contributed by atoms with Gasteiger partial charge in [-0.3, -0.25) is 4.90 Å². The number of rotatable bonds is 2. The summed E-state index contributed by atoms with van der Waals surface area (Å²) < 4.78 is 40.1. The van der Waals surface area contributed by atoms with Crippen LogP contribution in [0.3, 0.4) is 0 Å². The number of piperazine rings is 1. The third-order valence-corrected chi connectivity index (χ3v) is 5.85. The van der Waals surface area contributed by atoms with E-state index < -0.39 is 15.8 Å². The number of para-hydroxylation sites is 1. The van der Waals surface area contributed by atoms with E-state index in [0.29, 0.717) is 13.1 Å². The van der Waals surface area contributed by atoms with Crippen LogP contribution < -0.4 is 5.73 Å². The number of anilines is 1. The summed E-state index contributed by atoms with van der Waals surface area (Å²) in [5, 5.41) is 0. The Labute approximate surface area is 119 Å². The van der Waals surface area contributed by atoms with E-state index in [1.54, 1.807) is 0 Å². The van der Waals surface area contributed by atoms with E-state index in [4.69, 9.17) is 5.73 Å². The van der Waals surface area contributed by atoms with Gasteiger partial charge in [-0.25, -0.2) is 12.8 Å². The molecule has 1 aromatic carbocycles. The fourth-order valence-electron chi connectivity index (χ4n) is 2.43. The SMILES string of the molecule is CC1CN(S(=O)(=O)c2cccc(F)c2N)CC(C)N1C. The first-order valence-electron chi connectivity index (χ1n) is 6.51. The van der Waals surface area contributed by atoms with Gasteiger partial charge in [0.05, 0.1) is 5.69 Å². The molecule has 20 heavy (non-hydrogen) atoms. The molecule has 1 aliphatic heterocycles. The Bertz CT molecular complexity index is 594. The van der Waals surface area contributed by atoms with Gasteiger partial charge in [-0.2, -0.15) is 4.31 Å². The van der Waals surface area contributed by atoms with Gasteiger partial charge in [0.1, 0.15) is 10.7 Å². The van der Waals surface area contributed by atoms with Crippen molar-refractivity contribution in [3.8, 4) is 0 Å². The molecule has 0 radical (unpaired) electrons. The smallest absolute Gasteiger partial charge is 0.245 e. The van der Waals surface area contributed by atoms with Crippen LogP contribution in [-0.4, -0.2) is 49.8 Å². The highest BCUT2D eigenvalue weighted by atomic mass is 32.2. The fourth-order valence-corrected chi connectivity index (χ4v) is 4.16. The highest BCUT2D eigenvalue weighted by Gasteiger charge is 2.35. The molecule has 112 valence electrons. The number of nitrogens with zero attached hydrogens (tertiary/aromatic N) is 2. The molecule has 7 heteroatoms. The second-order valence-electron chi connectivity index (χ2n) is 5.34. The van der Waals surface area contributed by atoms with Crippen LogP contribution in [0.2, 0.25) is 0 Å². The normalized spacial score (nSPS) is 25.8. The molecule has 0 aliphatic carbocycles. The van der Waals surface area contributed by atoms with Crippen LogP contribution in [0.15, 0.2) is 23.1 Å². The van der Waals surface area contributed by atoms with Crippen molar-refractivity contribution in [1.29, 1.82) is 0 Å². The van der Waals surface area contributed by atoms with E-state index in [2.05, 4.69) is 4.90 Å². The van der Waals surface area contributed by atoms with Crippen molar-refractivity contribution in [1.82, 2.24) is 9.21 Å². The summed E-state index contributed by atoms with van der Waals surface area (Å²) in [4.78, 5) is 1.97. The van der Waals surface area contributed by atoms with Crippen LogP contribution in [-0.2, 0) is 10.0 Å². The zero-order chi connectivity index (χ0) is 15.1. The van der Waals surface area contributed by atoms with Crippen LogP contribution in [0.5, 0.6) is 0 Å². The van der Waals surface area contributed by atoms with Gasteiger partial charge in [0.15, 0.2) is 0 Å². The first-order chi connectivity index (χ1) is 9.25. The molecule has 0 spiro atoms. The Morgan fingerprint density at radius 3 is 2.35 bits per heavy atom. The first kappa shape index (κ1) is 15.2. The maximum atomic E-state index is 13.5. The lowest BCUT2D eigenvalue weighted by atomic mass is 10.1. The summed E-state index contributed by atoms with van der Waals surface area (Å²) in [5.74, 6) is -0.707. The summed E-state index contributed by atoms with van der Waals surface area (Å²) in [5.41, 5.74) is 5.27. The zero-order valence-corrected chi connectivity index (χ0v) is 12.7. The Hall–Kier alpha value is -1.18. The largest absolute Gasteiger partial charge is 0.395 e. The molecule has 0 saturated carbocycles. The maximum Gasteiger partial charge on any atom is 0.245 e. The van der Waals surface area contributed by atoms with Crippen molar-refractivity contribution in [2.45, 2.75) is 30.8 Å². The van der Waals surface area contributed by atoms with Crippen LogP contribution in [0.4, 0.5) is 10.1 Å². The van der Waals surface area contributed by atoms with Gasteiger partial charge in [-0.05, 0) is 33.0 Å². The Morgan fingerprint density at radius 2 is 1.80 bits per heavy atom. The van der Waals surface area contributed by atoms with E-state index in [1.165, 1.54) is 16.4 Å². The van der Waals surface area contributed by atoms with Gasteiger partial charge < -0.3 is 5.73 Å². The van der Waals surface area contributed by atoms with E-state index in [1.807, 2.05) is 20.9 Å². The average Bonchev–Trinajstić information content (AvgIpc) is 2.38. The van der Waals surface area contributed by atoms with Gasteiger partial charge in [0.2, 0.25) is 10.0 Å². The standard InChI is InChI=1S/C13H20FN3O2S/c1-9-7-17(8-10(2)16(9)3)20(18,19)12-6-4-5-11(14)13(12)15/h4-6,9-10H,7-8,15H2,1-3H3. The number of halogens is 1. The number of likely N-dealkylation sites (N-methyl/N-ethyl adjacent to an activating group) is 1. The number of nitrogens with two attached hydrogens (primary N) is 1. The summed E-state index contributed by atoms with van der Waals surface area (Å²) in [7, 11) is -1.79. The summed E-state index contributed by atoms with van der Waals surface area (Å²) in [6.45, 7) is 4.68. The second kappa shape index (κ2) is 5.31. The molecule has 1 saturated heterocycles. The number of hydrogen-bond donors (Lipinski definition) is 1. The average molecular weight is 301 g/mol. The lowest BCUT2D eigenvalue weighted by molar-refractivity contribution is 0.105. The molecule has 1 heterocycles. The number of sulfonamides is 1. The Balaban J connectivity index is 2.38. The minimum atomic E-state index is -3.76. The molecule has 0 bridgehead atoms. The second-order valence-corrected chi connectivity index (χ2v) is 7.24. The van der Waals surface area contributed by atoms with Gasteiger partial charge in [-0.1, -0.05) is 6.07 Å². The van der Waals surface area contributed by atoms with Gasteiger partial charge in [-0.15, -0.1) is 0 Å². The van der Waals surface area contributed by atoms with Crippen molar-refractivity contribution in [2.75, 3.05) is 25.9 Å². The molecule has 2 atom stereocenters. The molecular formula is C13H20FN3O2S. The van der Waals surface area contributed by atoms with Gasteiger partial charge >= 0.3 is 0 Å². The van der Waals surface area contributed by atoms with Crippen molar-refractivity contribution in [3.63, 3.8) is 0 Å². The molecule has 1 fully saturated rings. The van der Waals surface area contributed by atoms with Crippen LogP contribution >= 0.6 is 0 Å². The van der Waals surface area contributed by atoms with Crippen LogP contribution in [0.25, 0.3) is 0 Å². The number of benzene rings is 1. The van der Waals surface area contributed by atoms with Crippen LogP contribution in [0.1, 0.15) is 13.8 Å². The summed E-state index contributed by atoms with van der Waals surface area (Å²) in [6, 6.07) is 4.07. The fraction of sp³-hybridized carbons (Fsp3) is 0.538.